The third-order valence-corrected chi connectivity index (χ3v) is 7.24. The molecule has 1 aliphatic carbocycles. The number of amides is 1. The highest BCUT2D eigenvalue weighted by molar-refractivity contribution is 7.15. The number of hydrogen-bond donors (Lipinski definition) is 0. The average molecular weight is 413 g/mol. The summed E-state index contributed by atoms with van der Waals surface area (Å²) < 4.78 is 40.3. The van der Waals surface area contributed by atoms with E-state index < -0.39 is 24.1 Å². The van der Waals surface area contributed by atoms with Gasteiger partial charge in [-0.1, -0.05) is 12.8 Å². The summed E-state index contributed by atoms with van der Waals surface area (Å²) in [5.74, 6) is -2.02. The van der Waals surface area contributed by atoms with Gasteiger partial charge in [-0.05, 0) is 12.8 Å². The topological polar surface area (TPSA) is 63.5 Å². The number of carbonyl (C=O) groups is 1. The van der Waals surface area contributed by atoms with Crippen molar-refractivity contribution in [1.29, 1.82) is 5.26 Å². The van der Waals surface area contributed by atoms with E-state index in [-0.39, 0.29) is 12.3 Å². The Kier molecular flexibility index (Phi) is 5.22. The highest BCUT2D eigenvalue weighted by atomic mass is 32.1. The molecule has 3 aliphatic rings. The van der Waals surface area contributed by atoms with Crippen molar-refractivity contribution in [3.8, 4) is 6.19 Å². The van der Waals surface area contributed by atoms with Crippen LogP contribution in [0.25, 0.3) is 0 Å². The number of rotatable bonds is 2. The number of halogens is 3. The summed E-state index contributed by atoms with van der Waals surface area (Å²) in [6.07, 6.45) is 1.46. The van der Waals surface area contributed by atoms with Gasteiger partial charge in [0, 0.05) is 43.2 Å². The Bertz CT molecular complexity index is 776. The lowest BCUT2D eigenvalue weighted by Gasteiger charge is -2.44. The standard InChI is InChI=1S/C18H22F3N5OS/c19-18(20,21)13-4-2-1-3-12(13)15-9-23-17(28-15)26-8-7-25-6-5-24(11-22)10-14(25)16(26)27/h9,12-14H,1-8,10H2/t12-,13-,14+/m0/s1. The first-order chi connectivity index (χ1) is 13.4. The number of carbonyl (C=O) groups excluding carboxylic acids is 1. The molecule has 0 unspecified atom stereocenters. The first kappa shape index (κ1) is 19.5. The normalized spacial score (nSPS) is 29.5. The Morgan fingerprint density at radius 1 is 1.18 bits per heavy atom. The summed E-state index contributed by atoms with van der Waals surface area (Å²) >= 11 is 1.21. The molecule has 4 rings (SSSR count). The predicted molar refractivity (Wildman–Crippen MR) is 97.8 cm³/mol. The summed E-state index contributed by atoms with van der Waals surface area (Å²) in [5, 5.41) is 9.59. The lowest BCUT2D eigenvalue weighted by atomic mass is 9.78. The average Bonchev–Trinajstić information content (AvgIpc) is 3.17. The SMILES string of the molecule is N#CN1CCN2CCN(c3ncc([C@H]4CCCC[C@@H]4C(F)(F)F)s3)C(=O)[C@H]2C1. The van der Waals surface area contributed by atoms with Gasteiger partial charge in [-0.25, -0.2) is 4.98 Å². The van der Waals surface area contributed by atoms with Gasteiger partial charge in [0.1, 0.15) is 6.04 Å². The van der Waals surface area contributed by atoms with Crippen LogP contribution in [-0.4, -0.2) is 65.6 Å². The zero-order valence-corrected chi connectivity index (χ0v) is 16.2. The molecule has 0 spiro atoms. The first-order valence-corrected chi connectivity index (χ1v) is 10.4. The first-order valence-electron chi connectivity index (χ1n) is 9.61. The maximum Gasteiger partial charge on any atom is 0.392 e. The maximum absolute atomic E-state index is 13.4. The van der Waals surface area contributed by atoms with E-state index in [0.717, 1.165) is 6.42 Å². The molecule has 3 heterocycles. The molecule has 2 aliphatic heterocycles. The molecule has 3 fully saturated rings. The largest absolute Gasteiger partial charge is 0.392 e. The number of nitriles is 1. The Labute approximate surface area is 165 Å². The molecule has 0 radical (unpaired) electrons. The number of hydrogen-bond acceptors (Lipinski definition) is 6. The molecule has 2 saturated heterocycles. The van der Waals surface area contributed by atoms with Crippen molar-refractivity contribution in [3.05, 3.63) is 11.1 Å². The van der Waals surface area contributed by atoms with Gasteiger partial charge in [-0.2, -0.15) is 18.4 Å². The van der Waals surface area contributed by atoms with Crippen LogP contribution in [0.3, 0.4) is 0 Å². The Hall–Kier alpha value is -1.86. The van der Waals surface area contributed by atoms with E-state index in [1.54, 1.807) is 9.80 Å². The minimum atomic E-state index is -4.21. The van der Waals surface area contributed by atoms with Crippen molar-refractivity contribution in [1.82, 2.24) is 14.8 Å². The molecule has 1 aromatic heterocycles. The highest BCUT2D eigenvalue weighted by Crippen LogP contribution is 2.48. The minimum absolute atomic E-state index is 0.122. The van der Waals surface area contributed by atoms with Crippen LogP contribution < -0.4 is 4.90 Å². The number of alkyl halides is 3. The molecule has 1 amide bonds. The van der Waals surface area contributed by atoms with Crippen molar-refractivity contribution in [3.63, 3.8) is 0 Å². The summed E-state index contributed by atoms with van der Waals surface area (Å²) in [4.78, 5) is 23.1. The monoisotopic (exact) mass is 413 g/mol. The van der Waals surface area contributed by atoms with E-state index in [9.17, 15) is 18.0 Å². The van der Waals surface area contributed by atoms with Crippen LogP contribution in [-0.2, 0) is 4.79 Å². The number of anilines is 1. The molecule has 3 atom stereocenters. The number of piperazine rings is 2. The Morgan fingerprint density at radius 3 is 2.68 bits per heavy atom. The van der Waals surface area contributed by atoms with Gasteiger partial charge in [-0.15, -0.1) is 11.3 Å². The van der Waals surface area contributed by atoms with Gasteiger partial charge in [0.05, 0.1) is 12.5 Å². The second-order valence-corrected chi connectivity index (χ2v) is 8.71. The maximum atomic E-state index is 13.4. The van der Waals surface area contributed by atoms with Crippen molar-refractivity contribution >= 4 is 22.4 Å². The lowest BCUT2D eigenvalue weighted by molar-refractivity contribution is -0.187. The number of aromatic nitrogens is 1. The zero-order chi connectivity index (χ0) is 19.9. The second kappa shape index (κ2) is 7.52. The Balaban J connectivity index is 1.52. The van der Waals surface area contributed by atoms with Crippen LogP contribution in [0.4, 0.5) is 18.3 Å². The van der Waals surface area contributed by atoms with E-state index in [0.29, 0.717) is 55.6 Å². The van der Waals surface area contributed by atoms with Gasteiger partial charge in [-0.3, -0.25) is 14.6 Å². The summed E-state index contributed by atoms with van der Waals surface area (Å²) in [6, 6.07) is -0.396. The molecule has 6 nitrogen and oxygen atoms in total. The van der Waals surface area contributed by atoms with Crippen LogP contribution >= 0.6 is 11.3 Å². The van der Waals surface area contributed by atoms with E-state index >= 15 is 0 Å². The fraction of sp³-hybridized carbons (Fsp3) is 0.722. The minimum Gasteiger partial charge on any atom is -0.307 e. The second-order valence-electron chi connectivity index (χ2n) is 7.67. The van der Waals surface area contributed by atoms with Gasteiger partial charge in [0.2, 0.25) is 5.91 Å². The summed E-state index contributed by atoms with van der Waals surface area (Å²) in [6.45, 7) is 2.78. The molecule has 1 saturated carbocycles. The lowest BCUT2D eigenvalue weighted by Crippen LogP contribution is -2.64. The summed E-state index contributed by atoms with van der Waals surface area (Å²) in [5.41, 5.74) is 0. The predicted octanol–water partition coefficient (Wildman–Crippen LogP) is 2.79. The molecule has 10 heteroatoms. The van der Waals surface area contributed by atoms with Crippen molar-refractivity contribution in [2.45, 2.75) is 43.8 Å². The Morgan fingerprint density at radius 2 is 1.93 bits per heavy atom. The third-order valence-electron chi connectivity index (χ3n) is 6.09. The molecule has 0 bridgehead atoms. The zero-order valence-electron chi connectivity index (χ0n) is 15.4. The molecule has 28 heavy (non-hydrogen) atoms. The van der Waals surface area contributed by atoms with E-state index in [1.165, 1.54) is 17.5 Å². The molecule has 0 aromatic carbocycles. The van der Waals surface area contributed by atoms with Crippen molar-refractivity contribution in [2.24, 2.45) is 5.92 Å². The van der Waals surface area contributed by atoms with Gasteiger partial charge >= 0.3 is 6.18 Å². The molecule has 152 valence electrons. The number of nitrogens with zero attached hydrogens (tertiary/aromatic N) is 5. The number of fused-ring (bicyclic) bond motifs is 1. The van der Waals surface area contributed by atoms with Gasteiger partial charge in [0.25, 0.3) is 0 Å². The van der Waals surface area contributed by atoms with Crippen molar-refractivity contribution in [2.75, 3.05) is 37.6 Å². The van der Waals surface area contributed by atoms with Crippen LogP contribution in [0, 0.1) is 17.4 Å². The van der Waals surface area contributed by atoms with Crippen LogP contribution in [0.5, 0.6) is 0 Å². The quantitative estimate of drug-likeness (QED) is 0.698. The van der Waals surface area contributed by atoms with Crippen molar-refractivity contribution < 1.29 is 18.0 Å². The van der Waals surface area contributed by atoms with E-state index in [1.807, 2.05) is 0 Å². The molecule has 0 N–H and O–H groups in total. The number of thiazole rings is 1. The summed E-state index contributed by atoms with van der Waals surface area (Å²) in [7, 11) is 0. The molecular formula is C18H22F3N5OS. The highest BCUT2D eigenvalue weighted by Gasteiger charge is 2.47. The fourth-order valence-corrected chi connectivity index (χ4v) is 5.70. The smallest absolute Gasteiger partial charge is 0.307 e. The van der Waals surface area contributed by atoms with E-state index in [2.05, 4.69) is 16.1 Å². The van der Waals surface area contributed by atoms with E-state index in [4.69, 9.17) is 5.26 Å². The van der Waals surface area contributed by atoms with Crippen LogP contribution in [0.2, 0.25) is 0 Å². The fourth-order valence-electron chi connectivity index (χ4n) is 4.56. The third kappa shape index (κ3) is 3.57. The van der Waals surface area contributed by atoms with Gasteiger partial charge in [0.15, 0.2) is 11.3 Å². The van der Waals surface area contributed by atoms with Crippen LogP contribution in [0.1, 0.15) is 36.5 Å². The van der Waals surface area contributed by atoms with Crippen LogP contribution in [0.15, 0.2) is 6.20 Å². The van der Waals surface area contributed by atoms with Gasteiger partial charge < -0.3 is 4.90 Å². The molecular weight excluding hydrogens is 391 g/mol. The molecule has 1 aromatic rings.